The number of ether oxygens (including phenoxy) is 3. The smallest absolute Gasteiger partial charge is 0.252 e. The Morgan fingerprint density at radius 3 is 2.49 bits per heavy atom. The zero-order valence-electron chi connectivity index (χ0n) is 20.9. The quantitative estimate of drug-likeness (QED) is 0.360. The Labute approximate surface area is 217 Å². The van der Waals surface area contributed by atoms with Gasteiger partial charge in [0.2, 0.25) is 5.90 Å². The molecule has 0 bridgehead atoms. The van der Waals surface area contributed by atoms with Crippen molar-refractivity contribution in [3.8, 4) is 11.5 Å². The molecule has 1 heterocycles. The van der Waals surface area contributed by atoms with Crippen molar-refractivity contribution in [2.45, 2.75) is 24.9 Å². The maximum atomic E-state index is 13.5. The summed E-state index contributed by atoms with van der Waals surface area (Å²) >= 11 is 0. The lowest BCUT2D eigenvalue weighted by Gasteiger charge is -2.21. The summed E-state index contributed by atoms with van der Waals surface area (Å²) in [5, 5.41) is 12.0. The molecule has 0 spiro atoms. The van der Waals surface area contributed by atoms with Gasteiger partial charge in [0.1, 0.15) is 18.1 Å². The molecule has 2 N–H and O–H groups in total. The average molecular weight is 501 g/mol. The van der Waals surface area contributed by atoms with Gasteiger partial charge in [-0.05, 0) is 47.5 Å². The van der Waals surface area contributed by atoms with Crippen molar-refractivity contribution in [1.82, 2.24) is 5.32 Å². The Morgan fingerprint density at radius 1 is 1.05 bits per heavy atom. The van der Waals surface area contributed by atoms with Gasteiger partial charge in [-0.3, -0.25) is 4.79 Å². The van der Waals surface area contributed by atoms with E-state index in [-0.39, 0.29) is 19.1 Å². The second kappa shape index (κ2) is 12.7. The van der Waals surface area contributed by atoms with Crippen molar-refractivity contribution in [3.63, 3.8) is 0 Å². The van der Waals surface area contributed by atoms with Gasteiger partial charge in [0, 0.05) is 31.6 Å². The van der Waals surface area contributed by atoms with Crippen LogP contribution in [0.25, 0.3) is 6.08 Å². The first-order chi connectivity index (χ1) is 18.1. The number of aliphatic imine (C=N–C) groups is 1. The molecule has 1 aliphatic rings. The predicted molar refractivity (Wildman–Crippen MR) is 144 cm³/mol. The number of rotatable bonds is 12. The zero-order valence-corrected chi connectivity index (χ0v) is 20.9. The molecule has 0 aliphatic carbocycles. The molecule has 3 aromatic carbocycles. The molecule has 192 valence electrons. The number of aliphatic hydroxyl groups excluding tert-OH is 1. The number of benzene rings is 3. The van der Waals surface area contributed by atoms with E-state index < -0.39 is 5.54 Å². The van der Waals surface area contributed by atoms with Crippen LogP contribution in [0.5, 0.6) is 11.5 Å². The highest BCUT2D eigenvalue weighted by atomic mass is 16.5. The minimum atomic E-state index is -1.08. The number of carbonyl (C=O) groups excluding carboxylic acids is 1. The maximum absolute atomic E-state index is 13.5. The largest absolute Gasteiger partial charge is 0.497 e. The minimum absolute atomic E-state index is 0.0874. The summed E-state index contributed by atoms with van der Waals surface area (Å²) in [5.41, 5.74) is 1.70. The fourth-order valence-electron chi connectivity index (χ4n) is 3.90. The minimum Gasteiger partial charge on any atom is -0.497 e. The van der Waals surface area contributed by atoms with E-state index in [1.165, 1.54) is 0 Å². The van der Waals surface area contributed by atoms with Crippen LogP contribution in [0.3, 0.4) is 0 Å². The summed E-state index contributed by atoms with van der Waals surface area (Å²) in [6.07, 6.45) is 4.92. The van der Waals surface area contributed by atoms with Crippen LogP contribution in [-0.4, -0.2) is 49.4 Å². The van der Waals surface area contributed by atoms with Gasteiger partial charge >= 0.3 is 0 Å². The Bertz CT molecular complexity index is 1210. The summed E-state index contributed by atoms with van der Waals surface area (Å²) in [5.74, 6) is 1.69. The number of hydrogen-bond donors (Lipinski definition) is 2. The highest BCUT2D eigenvalue weighted by Crippen LogP contribution is 2.28. The lowest BCUT2D eigenvalue weighted by Crippen LogP contribution is -2.46. The third-order valence-electron chi connectivity index (χ3n) is 6.04. The average Bonchev–Trinajstić information content (AvgIpc) is 3.39. The van der Waals surface area contributed by atoms with Gasteiger partial charge in [-0.25, -0.2) is 4.99 Å². The second-order valence-electron chi connectivity index (χ2n) is 8.74. The number of aliphatic hydroxyl groups is 1. The van der Waals surface area contributed by atoms with Crippen molar-refractivity contribution in [2.75, 3.05) is 26.9 Å². The predicted octanol–water partition coefficient (Wildman–Crippen LogP) is 4.39. The standard InChI is InChI=1S/C30H32N2O5/c1-35-26-14-10-24(11-15-26)21-31-29(34)30(18-5-9-23-7-3-2-4-8-23)22-37-28(32-30)25-12-16-27(17-13-25)36-20-6-19-33/h2-5,7-17,33H,6,18-22H2,1H3,(H,31,34)/b9-5+/t30-/m1/s1. The molecule has 7 nitrogen and oxygen atoms in total. The summed E-state index contributed by atoms with van der Waals surface area (Å²) in [4.78, 5) is 18.3. The summed E-state index contributed by atoms with van der Waals surface area (Å²) < 4.78 is 16.8. The number of carbonyl (C=O) groups is 1. The van der Waals surface area contributed by atoms with Crippen LogP contribution in [-0.2, 0) is 16.1 Å². The second-order valence-corrected chi connectivity index (χ2v) is 8.74. The van der Waals surface area contributed by atoms with E-state index >= 15 is 0 Å². The molecule has 0 saturated carbocycles. The van der Waals surface area contributed by atoms with Gasteiger partial charge in [-0.15, -0.1) is 0 Å². The van der Waals surface area contributed by atoms with Gasteiger partial charge in [-0.1, -0.05) is 54.6 Å². The topological polar surface area (TPSA) is 89.4 Å². The fraction of sp³-hybridized carbons (Fsp3) is 0.267. The van der Waals surface area contributed by atoms with E-state index in [0.717, 1.165) is 22.4 Å². The van der Waals surface area contributed by atoms with E-state index in [4.69, 9.17) is 24.3 Å². The van der Waals surface area contributed by atoms with Crippen LogP contribution in [0.2, 0.25) is 0 Å². The number of nitrogens with zero attached hydrogens (tertiary/aromatic N) is 1. The van der Waals surface area contributed by atoms with Crippen molar-refractivity contribution < 1.29 is 24.1 Å². The lowest BCUT2D eigenvalue weighted by atomic mass is 9.95. The first kappa shape index (κ1) is 26.0. The summed E-state index contributed by atoms with van der Waals surface area (Å²) in [6.45, 7) is 1.05. The van der Waals surface area contributed by atoms with E-state index in [1.807, 2.05) is 91.0 Å². The Balaban J connectivity index is 1.51. The zero-order chi connectivity index (χ0) is 25.9. The van der Waals surface area contributed by atoms with Crippen LogP contribution >= 0.6 is 0 Å². The van der Waals surface area contributed by atoms with Crippen molar-refractivity contribution in [2.24, 2.45) is 4.99 Å². The van der Waals surface area contributed by atoms with Crippen LogP contribution in [0.4, 0.5) is 0 Å². The van der Waals surface area contributed by atoms with Gasteiger partial charge in [0.05, 0.1) is 13.7 Å². The molecule has 0 unspecified atom stereocenters. The number of nitrogens with one attached hydrogen (secondary N) is 1. The molecule has 1 atom stereocenters. The summed E-state index contributed by atoms with van der Waals surface area (Å²) in [7, 11) is 1.62. The van der Waals surface area contributed by atoms with E-state index in [9.17, 15) is 4.79 Å². The third kappa shape index (κ3) is 6.98. The van der Waals surface area contributed by atoms with E-state index in [0.29, 0.717) is 37.6 Å². The molecule has 1 aliphatic heterocycles. The molecule has 1 amide bonds. The molecule has 7 heteroatoms. The molecular weight excluding hydrogens is 468 g/mol. The molecule has 0 aromatic heterocycles. The molecule has 0 radical (unpaired) electrons. The van der Waals surface area contributed by atoms with Crippen molar-refractivity contribution in [1.29, 1.82) is 0 Å². The molecular formula is C30H32N2O5. The van der Waals surface area contributed by atoms with E-state index in [2.05, 4.69) is 5.32 Å². The highest BCUT2D eigenvalue weighted by molar-refractivity contribution is 6.00. The number of methoxy groups -OCH3 is 1. The SMILES string of the molecule is COc1ccc(CNC(=O)[C@@]2(C/C=C/c3ccccc3)COC(c3ccc(OCCCO)cc3)=N2)cc1. The van der Waals surface area contributed by atoms with Crippen LogP contribution in [0.15, 0.2) is 89.9 Å². The number of hydrogen-bond acceptors (Lipinski definition) is 6. The monoisotopic (exact) mass is 500 g/mol. The lowest BCUT2D eigenvalue weighted by molar-refractivity contribution is -0.126. The maximum Gasteiger partial charge on any atom is 0.252 e. The summed E-state index contributed by atoms with van der Waals surface area (Å²) in [6, 6.07) is 24.9. The van der Waals surface area contributed by atoms with E-state index in [1.54, 1.807) is 7.11 Å². The fourth-order valence-corrected chi connectivity index (χ4v) is 3.90. The molecule has 4 rings (SSSR count). The number of amides is 1. The molecule has 0 fully saturated rings. The first-order valence-electron chi connectivity index (χ1n) is 12.3. The van der Waals surface area contributed by atoms with Crippen molar-refractivity contribution in [3.05, 3.63) is 102 Å². The van der Waals surface area contributed by atoms with Crippen molar-refractivity contribution >= 4 is 17.9 Å². The normalized spacial score (nSPS) is 16.8. The molecule has 37 heavy (non-hydrogen) atoms. The van der Waals surface area contributed by atoms with Crippen LogP contribution < -0.4 is 14.8 Å². The van der Waals surface area contributed by atoms with Crippen LogP contribution in [0.1, 0.15) is 29.5 Å². The Morgan fingerprint density at radius 2 is 1.78 bits per heavy atom. The third-order valence-corrected chi connectivity index (χ3v) is 6.04. The Hall–Kier alpha value is -4.10. The van der Waals surface area contributed by atoms with Crippen LogP contribution in [0, 0.1) is 0 Å². The van der Waals surface area contributed by atoms with Gasteiger partial charge in [0.15, 0.2) is 5.54 Å². The van der Waals surface area contributed by atoms with Gasteiger partial charge in [-0.2, -0.15) is 0 Å². The molecule has 3 aromatic rings. The highest BCUT2D eigenvalue weighted by Gasteiger charge is 2.43. The van der Waals surface area contributed by atoms with Gasteiger partial charge in [0.25, 0.3) is 5.91 Å². The van der Waals surface area contributed by atoms with Gasteiger partial charge < -0.3 is 24.6 Å². The molecule has 0 saturated heterocycles. The Kier molecular flexibility index (Phi) is 8.94. The first-order valence-corrected chi connectivity index (χ1v) is 12.3.